The van der Waals surface area contributed by atoms with Crippen molar-refractivity contribution in [1.82, 2.24) is 9.88 Å². The number of hydrogen-bond donors (Lipinski definition) is 2. The van der Waals surface area contributed by atoms with E-state index in [4.69, 9.17) is 4.52 Å². The maximum Gasteiger partial charge on any atom is 0.416 e. The lowest BCUT2D eigenvalue weighted by Gasteiger charge is -2.13. The number of nitrogens with zero attached hydrogens (tertiary/aromatic N) is 1. The van der Waals surface area contributed by atoms with Crippen molar-refractivity contribution in [3.63, 3.8) is 0 Å². The second kappa shape index (κ2) is 9.97. The first-order chi connectivity index (χ1) is 18.4. The molecule has 4 aromatic rings. The fourth-order valence-electron chi connectivity index (χ4n) is 4.89. The van der Waals surface area contributed by atoms with Crippen LogP contribution in [0.25, 0.3) is 11.1 Å². The molecule has 5 rings (SSSR count). The molecule has 11 heteroatoms. The predicted molar refractivity (Wildman–Crippen MR) is 139 cm³/mol. The van der Waals surface area contributed by atoms with Crippen LogP contribution in [0.1, 0.15) is 38.5 Å². The van der Waals surface area contributed by atoms with Gasteiger partial charge in [-0.1, -0.05) is 41.6 Å². The number of rotatable bonds is 6. The van der Waals surface area contributed by atoms with E-state index in [2.05, 4.69) is 15.2 Å². The lowest BCUT2D eigenvalue weighted by molar-refractivity contribution is -0.137. The molecule has 0 saturated heterocycles. The summed E-state index contributed by atoms with van der Waals surface area (Å²) < 4.78 is 72.4. The van der Waals surface area contributed by atoms with Gasteiger partial charge in [-0.05, 0) is 79.3 Å². The lowest BCUT2D eigenvalue weighted by Crippen LogP contribution is -2.35. The molecule has 1 atom stereocenters. The number of aryl methyl sites for hydroxylation is 2. The van der Waals surface area contributed by atoms with E-state index < -0.39 is 27.7 Å². The number of aromatic nitrogens is 1. The molecule has 0 saturated carbocycles. The molecule has 0 aliphatic heterocycles. The molecule has 1 unspecified atom stereocenters. The largest absolute Gasteiger partial charge is 0.416 e. The number of halogens is 3. The lowest BCUT2D eigenvalue weighted by atomic mass is 9.98. The Bertz CT molecular complexity index is 1640. The zero-order valence-corrected chi connectivity index (χ0v) is 21.8. The molecule has 3 aromatic carbocycles. The Morgan fingerprint density at radius 1 is 0.974 bits per heavy atom. The molecule has 0 fully saturated rings. The molecule has 0 bridgehead atoms. The molecule has 1 heterocycles. The molecule has 1 amide bonds. The SMILES string of the molecule is Cc1noc(C)c1S(=O)(=O)NC1Cc2ccc(NC(=O)c3ccccc3-c3ccc(C(F)(F)F)cc3)cc2C1. The molecule has 0 radical (unpaired) electrons. The Morgan fingerprint density at radius 3 is 2.33 bits per heavy atom. The molecule has 7 nitrogen and oxygen atoms in total. The smallest absolute Gasteiger partial charge is 0.360 e. The Morgan fingerprint density at radius 2 is 1.67 bits per heavy atom. The molecule has 1 aliphatic carbocycles. The van der Waals surface area contributed by atoms with Crippen LogP contribution in [0.5, 0.6) is 0 Å². The third-order valence-electron chi connectivity index (χ3n) is 6.65. The van der Waals surface area contributed by atoms with Crippen LogP contribution in [0.15, 0.2) is 76.1 Å². The van der Waals surface area contributed by atoms with Gasteiger partial charge in [0.15, 0.2) is 5.76 Å². The van der Waals surface area contributed by atoms with Crippen molar-refractivity contribution in [1.29, 1.82) is 0 Å². The van der Waals surface area contributed by atoms with E-state index in [1.54, 1.807) is 50.2 Å². The van der Waals surface area contributed by atoms with E-state index in [1.807, 2.05) is 6.07 Å². The van der Waals surface area contributed by atoms with Gasteiger partial charge in [-0.3, -0.25) is 4.79 Å². The number of benzene rings is 3. The number of carbonyl (C=O) groups excluding carboxylic acids is 1. The van der Waals surface area contributed by atoms with E-state index >= 15 is 0 Å². The predicted octanol–water partition coefficient (Wildman–Crippen LogP) is 5.68. The summed E-state index contributed by atoms with van der Waals surface area (Å²) in [5.41, 5.74) is 3.20. The van der Waals surface area contributed by atoms with E-state index in [-0.39, 0.29) is 22.4 Å². The molecule has 39 heavy (non-hydrogen) atoms. The van der Waals surface area contributed by atoms with Gasteiger partial charge in [0.05, 0.1) is 5.56 Å². The highest BCUT2D eigenvalue weighted by molar-refractivity contribution is 7.89. The van der Waals surface area contributed by atoms with E-state index in [9.17, 15) is 26.4 Å². The van der Waals surface area contributed by atoms with E-state index in [0.717, 1.165) is 23.3 Å². The van der Waals surface area contributed by atoms with Crippen LogP contribution in [-0.4, -0.2) is 25.5 Å². The number of sulfonamides is 1. The summed E-state index contributed by atoms with van der Waals surface area (Å²) in [5.74, 6) is -0.198. The Labute approximate surface area is 223 Å². The average molecular weight is 556 g/mol. The van der Waals surface area contributed by atoms with Crippen molar-refractivity contribution in [2.75, 3.05) is 5.32 Å². The van der Waals surface area contributed by atoms with Crippen LogP contribution in [0.4, 0.5) is 18.9 Å². The third-order valence-corrected chi connectivity index (χ3v) is 8.41. The third kappa shape index (κ3) is 5.45. The number of carbonyl (C=O) groups is 1. The van der Waals surface area contributed by atoms with Crippen LogP contribution >= 0.6 is 0 Å². The first-order valence-electron chi connectivity index (χ1n) is 12.1. The van der Waals surface area contributed by atoms with Crippen LogP contribution in [0, 0.1) is 13.8 Å². The van der Waals surface area contributed by atoms with E-state index in [0.29, 0.717) is 35.2 Å². The van der Waals surface area contributed by atoms with Crippen molar-refractivity contribution >= 4 is 21.6 Å². The van der Waals surface area contributed by atoms with Gasteiger partial charge in [0.25, 0.3) is 5.91 Å². The van der Waals surface area contributed by atoms with E-state index in [1.165, 1.54) is 12.1 Å². The first-order valence-corrected chi connectivity index (χ1v) is 13.6. The zero-order chi connectivity index (χ0) is 27.9. The van der Waals surface area contributed by atoms with Crippen molar-refractivity contribution in [2.24, 2.45) is 0 Å². The van der Waals surface area contributed by atoms with Crippen LogP contribution < -0.4 is 10.0 Å². The number of hydrogen-bond acceptors (Lipinski definition) is 5. The Hall–Kier alpha value is -3.96. The van der Waals surface area contributed by atoms with Crippen molar-refractivity contribution in [3.05, 3.63) is 100 Å². The highest BCUT2D eigenvalue weighted by atomic mass is 32.2. The molecule has 2 N–H and O–H groups in total. The molecule has 1 aliphatic rings. The van der Waals surface area contributed by atoms with Crippen LogP contribution in [0.3, 0.4) is 0 Å². The second-order valence-electron chi connectivity index (χ2n) is 9.44. The second-order valence-corrected chi connectivity index (χ2v) is 11.1. The van der Waals surface area contributed by atoms with Gasteiger partial charge >= 0.3 is 6.18 Å². The molecule has 0 spiro atoms. The van der Waals surface area contributed by atoms with Gasteiger partial charge in [0.1, 0.15) is 10.6 Å². The number of nitrogens with one attached hydrogen (secondary N) is 2. The normalized spacial score (nSPS) is 15.3. The summed E-state index contributed by atoms with van der Waals surface area (Å²) in [4.78, 5) is 13.2. The summed E-state index contributed by atoms with van der Waals surface area (Å²) in [6.07, 6.45) is -3.53. The minimum atomic E-state index is -4.45. The minimum Gasteiger partial charge on any atom is -0.360 e. The fourth-order valence-corrected chi connectivity index (χ4v) is 6.45. The molecule has 1 aromatic heterocycles. The fraction of sp³-hybridized carbons (Fsp3) is 0.214. The topological polar surface area (TPSA) is 101 Å². The highest BCUT2D eigenvalue weighted by Crippen LogP contribution is 2.33. The van der Waals surface area contributed by atoms with Gasteiger partial charge < -0.3 is 9.84 Å². The number of fused-ring (bicyclic) bond motifs is 1. The Kier molecular flexibility index (Phi) is 6.81. The number of anilines is 1. The van der Waals surface area contributed by atoms with Crippen LogP contribution in [-0.2, 0) is 29.0 Å². The summed E-state index contributed by atoms with van der Waals surface area (Å²) in [6.45, 7) is 3.11. The monoisotopic (exact) mass is 555 g/mol. The maximum atomic E-state index is 13.2. The average Bonchev–Trinajstić information content (AvgIpc) is 3.44. The van der Waals surface area contributed by atoms with Gasteiger partial charge in [-0.2, -0.15) is 13.2 Å². The first kappa shape index (κ1) is 26.6. The van der Waals surface area contributed by atoms with Crippen LogP contribution in [0.2, 0.25) is 0 Å². The molecule has 202 valence electrons. The quantitative estimate of drug-likeness (QED) is 0.319. The van der Waals surface area contributed by atoms with Crippen molar-refractivity contribution in [3.8, 4) is 11.1 Å². The summed E-state index contributed by atoms with van der Waals surface area (Å²) in [7, 11) is -3.83. The van der Waals surface area contributed by atoms with Crippen molar-refractivity contribution in [2.45, 2.75) is 43.8 Å². The summed E-state index contributed by atoms with van der Waals surface area (Å²) in [5, 5.41) is 6.58. The van der Waals surface area contributed by atoms with Gasteiger partial charge in [-0.25, -0.2) is 13.1 Å². The van der Waals surface area contributed by atoms with Crippen molar-refractivity contribution < 1.29 is 30.9 Å². The standard InChI is InChI=1S/C28H24F3N3O4S/c1-16-26(17(2)38-33-16)39(36,37)34-23-13-19-9-12-22(14-20(19)15-23)32-27(35)25-6-4-3-5-24(25)18-7-10-21(11-8-18)28(29,30)31/h3-12,14,23,34H,13,15H2,1-2H3,(H,32,35). The molecular weight excluding hydrogens is 531 g/mol. The van der Waals surface area contributed by atoms with Gasteiger partial charge in [0.2, 0.25) is 10.0 Å². The zero-order valence-electron chi connectivity index (χ0n) is 21.0. The maximum absolute atomic E-state index is 13.2. The summed E-state index contributed by atoms with van der Waals surface area (Å²) >= 11 is 0. The molecular formula is C28H24F3N3O4S. The Balaban J connectivity index is 1.31. The number of amides is 1. The number of alkyl halides is 3. The van der Waals surface area contributed by atoms with Gasteiger partial charge in [-0.15, -0.1) is 0 Å². The summed E-state index contributed by atoms with van der Waals surface area (Å²) in [6, 6.07) is 16.3. The highest BCUT2D eigenvalue weighted by Gasteiger charge is 2.31. The minimum absolute atomic E-state index is 0.0399. The van der Waals surface area contributed by atoms with Gasteiger partial charge in [0, 0.05) is 17.3 Å².